The highest BCUT2D eigenvalue weighted by Crippen LogP contribution is 2.29. The number of guanidine groups is 2. The number of carbonyl (C=O) groups is 15. The minimum atomic E-state index is -1.86. The molecule has 2 aromatic carbocycles. The normalized spacial score (nSPS) is 26.7. The Balaban J connectivity index is 1.38. The number of unbranched alkanes of at least 4 members (excludes halogenated alkanes) is 1. The van der Waals surface area contributed by atoms with Gasteiger partial charge in [0, 0.05) is 57.1 Å². The summed E-state index contributed by atoms with van der Waals surface area (Å²) in [5.74, 6) is -17.1. The number of nitrogens with zero attached hydrogens (tertiary/aromatic N) is 5. The molecule has 0 unspecified atom stereocenters. The Bertz CT molecular complexity index is 3760. The molecule has 14 atom stereocenters. The number of benzene rings is 2. The van der Waals surface area contributed by atoms with Crippen molar-refractivity contribution in [1.82, 2.24) is 73.2 Å². The van der Waals surface area contributed by atoms with Gasteiger partial charge in [0.25, 0.3) is 0 Å². The number of aliphatic imine (C=N–C) groups is 2. The third kappa shape index (κ3) is 27.1. The number of phenols is 1. The Labute approximate surface area is 661 Å². The van der Waals surface area contributed by atoms with Crippen molar-refractivity contribution < 1.29 is 87.2 Å². The van der Waals surface area contributed by atoms with E-state index in [-0.39, 0.29) is 140 Å². The van der Waals surface area contributed by atoms with Crippen molar-refractivity contribution in [2.24, 2.45) is 44.6 Å². The molecular weight excluding hydrogens is 1510 g/mol. The Morgan fingerprint density at radius 1 is 0.496 bits per heavy atom. The summed E-state index contributed by atoms with van der Waals surface area (Å²) in [5.41, 5.74) is 29.2. The molecule has 0 radical (unpaired) electrons. The number of aliphatic hydroxyl groups is 1. The molecular formula is C72H107N21O18S2. The van der Waals surface area contributed by atoms with Crippen LogP contribution in [0.3, 0.4) is 0 Å². The van der Waals surface area contributed by atoms with E-state index in [4.69, 9.17) is 28.7 Å². The Kier molecular flexibility index (Phi) is 35.4. The summed E-state index contributed by atoms with van der Waals surface area (Å²) in [7, 11) is 1.73. The number of carboxylic acids is 1. The van der Waals surface area contributed by atoms with E-state index in [1.54, 1.807) is 44.2 Å². The quantitative estimate of drug-likeness (QED) is 0.0240. The number of amides is 14. The fourth-order valence-corrected chi connectivity index (χ4v) is 16.1. The van der Waals surface area contributed by atoms with Gasteiger partial charge < -0.3 is 117 Å². The molecule has 0 aromatic heterocycles. The van der Waals surface area contributed by atoms with Gasteiger partial charge in [0.15, 0.2) is 11.9 Å². The third-order valence-electron chi connectivity index (χ3n) is 20.0. The van der Waals surface area contributed by atoms with Gasteiger partial charge in [-0.15, -0.1) is 0 Å². The molecule has 5 fully saturated rings. The summed E-state index contributed by atoms with van der Waals surface area (Å²) < 4.78 is 0. The van der Waals surface area contributed by atoms with Gasteiger partial charge in [0.1, 0.15) is 84.3 Å². The predicted molar refractivity (Wildman–Crippen MR) is 415 cm³/mol. The van der Waals surface area contributed by atoms with Crippen LogP contribution in [0.15, 0.2) is 64.6 Å². The summed E-state index contributed by atoms with van der Waals surface area (Å²) in [6.45, 7) is 1.45. The van der Waals surface area contributed by atoms with Crippen LogP contribution in [0.25, 0.3) is 0 Å². The Hall–Kier alpha value is -10.5. The highest BCUT2D eigenvalue weighted by atomic mass is 33.1. The van der Waals surface area contributed by atoms with Gasteiger partial charge in [-0.05, 0) is 119 Å². The van der Waals surface area contributed by atoms with Gasteiger partial charge in [0.2, 0.25) is 82.7 Å². The highest BCUT2D eigenvalue weighted by molar-refractivity contribution is 8.76. The average molecular weight is 1620 g/mol. The number of carboxylic acid groups (broad SMARTS) is 1. The molecule has 0 saturated carbocycles. The van der Waals surface area contributed by atoms with Gasteiger partial charge in [-0.1, -0.05) is 84.3 Å². The third-order valence-corrected chi connectivity index (χ3v) is 22.4. The topological polar surface area (TPSA) is 614 Å². The van der Waals surface area contributed by atoms with Crippen LogP contribution < -0.4 is 87.2 Å². The molecule has 5 aliphatic rings. The number of aromatic hydroxyl groups is 1. The molecule has 0 spiro atoms. The van der Waals surface area contributed by atoms with Crippen molar-refractivity contribution in [3.05, 3.63) is 65.7 Å². The van der Waals surface area contributed by atoms with Crippen molar-refractivity contribution in [1.29, 1.82) is 0 Å². The molecule has 113 heavy (non-hydrogen) atoms. The lowest BCUT2D eigenvalue weighted by Gasteiger charge is -2.34. The molecule has 39 nitrogen and oxygen atoms in total. The first-order valence-corrected chi connectivity index (χ1v) is 40.4. The van der Waals surface area contributed by atoms with Crippen LogP contribution in [0.1, 0.15) is 121 Å². The number of hydrogen-bond acceptors (Lipinski definition) is 22. The second-order valence-electron chi connectivity index (χ2n) is 28.4. The van der Waals surface area contributed by atoms with E-state index in [9.17, 15) is 58.5 Å². The van der Waals surface area contributed by atoms with Gasteiger partial charge in [0.05, 0.1) is 19.6 Å². The number of hydrogen-bond donors (Lipinski definition) is 19. The summed E-state index contributed by atoms with van der Waals surface area (Å²) in [4.78, 5) is 232. The number of carbonyl (C=O) groups excluding carboxylic acids is 14. The van der Waals surface area contributed by atoms with Crippen molar-refractivity contribution in [2.45, 2.75) is 202 Å². The summed E-state index contributed by atoms with van der Waals surface area (Å²) >= 11 is 0. The average Bonchev–Trinajstić information content (AvgIpc) is 1.66. The lowest BCUT2D eigenvalue weighted by Crippen LogP contribution is -2.61. The second-order valence-corrected chi connectivity index (χ2v) is 30.9. The largest absolute Gasteiger partial charge is 0.508 e. The van der Waals surface area contributed by atoms with E-state index < -0.39 is 204 Å². The number of nitrogens with one attached hydrogen (secondary N) is 11. The van der Waals surface area contributed by atoms with Crippen molar-refractivity contribution >= 4 is 122 Å². The molecule has 2 aromatic rings. The summed E-state index contributed by atoms with van der Waals surface area (Å²) in [6, 6.07) is -6.17. The number of fused-ring (bicyclic) bond motifs is 8. The fourth-order valence-electron chi connectivity index (χ4n) is 13.7. The molecule has 2 bridgehead atoms. The molecule has 24 N–H and O–H groups in total. The SMILES string of the molecule is CC[C@H](C)[C@@H]1NC(=O)[C@@H]2CCCN2C(=O)[C@@H]2CCCN2C(=O)[C@H](CCCN=C(N)N)NC(=O)[C@H](CO)NC(=O)[C@H](CCCCN)NC(=O)[C@H](Cc2ccc(O)cc2)NC(=O)[C@@H]2CSSC[C@H](NC1=O)C(=O)N[C@@H](Cc1ccccc1)C(=O)N1CCC[C@H]1C(=O)N[C@@H](CC(=O)O)C(=O)NCC(=O)N[C@@H](CCCN=C(N)N)C(=O)N2. The maximum Gasteiger partial charge on any atom is 0.305 e. The Morgan fingerprint density at radius 3 is 1.52 bits per heavy atom. The van der Waals surface area contributed by atoms with Crippen LogP contribution >= 0.6 is 21.6 Å². The first kappa shape index (κ1) is 89.7. The van der Waals surface area contributed by atoms with E-state index in [1.165, 1.54) is 39.0 Å². The van der Waals surface area contributed by atoms with E-state index in [1.807, 2.05) is 0 Å². The first-order valence-electron chi connectivity index (χ1n) is 37.9. The number of rotatable bonds is 21. The summed E-state index contributed by atoms with van der Waals surface area (Å²) in [6.07, 6.45) is -0.235. The number of aliphatic carboxylic acids is 1. The van der Waals surface area contributed by atoms with E-state index in [0.717, 1.165) is 21.6 Å². The van der Waals surface area contributed by atoms with Crippen LogP contribution in [0.4, 0.5) is 0 Å². The minimum Gasteiger partial charge on any atom is -0.508 e. The molecule has 14 amide bonds. The van der Waals surface area contributed by atoms with Gasteiger partial charge in [-0.2, -0.15) is 0 Å². The molecule has 5 heterocycles. The maximum atomic E-state index is 15.5. The lowest BCUT2D eigenvalue weighted by molar-refractivity contribution is -0.148. The van der Waals surface area contributed by atoms with Gasteiger partial charge in [-0.3, -0.25) is 81.9 Å². The number of nitrogens with two attached hydrogens (primary N) is 5. The van der Waals surface area contributed by atoms with Crippen LogP contribution in [-0.4, -0.2) is 273 Å². The number of phenolic OH excluding ortho intramolecular Hbond substituents is 1. The van der Waals surface area contributed by atoms with Crippen molar-refractivity contribution in [3.63, 3.8) is 0 Å². The zero-order valence-corrected chi connectivity index (χ0v) is 64.9. The van der Waals surface area contributed by atoms with Crippen molar-refractivity contribution in [3.8, 4) is 5.75 Å². The van der Waals surface area contributed by atoms with E-state index >= 15 is 28.8 Å². The maximum absolute atomic E-state index is 15.5. The predicted octanol–water partition coefficient (Wildman–Crippen LogP) is -5.73. The molecule has 41 heteroatoms. The van der Waals surface area contributed by atoms with Crippen LogP contribution in [0.5, 0.6) is 5.75 Å². The van der Waals surface area contributed by atoms with Crippen molar-refractivity contribution in [2.75, 3.05) is 63.9 Å². The standard InChI is InChI=1S/C72H107N21O18S2/c1-3-39(2)57-67(108)89-51-38-113-112-37-50(88-59(100)43(17-9-27-78-71(74)75)81-55(96)35-80-58(99)47(34-56(97)98)85-65(106)52-19-11-29-91(52)69(110)48(86-64(51)105)33-40-14-5-4-6-15-40)63(104)84-46(32-41-22-24-42(95)25-23-41)61(102)82-44(16-7-8-26-73)60(101)87-49(36-94)62(103)83-45(18-10-28-79-72(76)77)68(109)93-31-13-21-54(93)70(111)92-30-12-20-53(92)66(107)90-57/h4-6,14-15,22-25,39,43-54,57,94-95H,3,7-13,16-21,26-38,73H2,1-2H3,(H,80,99)(H,81,96)(H,82,102)(H,83,103)(H,84,104)(H,85,106)(H,86,105)(H,87,101)(H,88,100)(H,89,108)(H,90,107)(H,97,98)(H4,74,75,78)(H4,76,77,79)/t39-,43-,44-,45-,46-,47-,48-,49-,50-,51-,52-,53-,54-,57-/m0/s1. The number of aliphatic hydroxyl groups excluding tert-OH is 1. The van der Waals surface area contributed by atoms with Gasteiger partial charge >= 0.3 is 5.97 Å². The van der Waals surface area contributed by atoms with Crippen LogP contribution in [0.2, 0.25) is 0 Å². The molecule has 5 aliphatic heterocycles. The monoisotopic (exact) mass is 1620 g/mol. The Morgan fingerprint density at radius 2 is 0.947 bits per heavy atom. The fraction of sp³-hybridized carbons (Fsp3) is 0.597. The molecule has 0 aliphatic carbocycles. The second kappa shape index (κ2) is 44.6. The molecule has 5 saturated heterocycles. The molecule has 7 rings (SSSR count). The highest BCUT2D eigenvalue weighted by Gasteiger charge is 2.47. The van der Waals surface area contributed by atoms with Crippen LogP contribution in [-0.2, 0) is 84.8 Å². The zero-order valence-electron chi connectivity index (χ0n) is 63.3. The smallest absolute Gasteiger partial charge is 0.305 e. The minimum absolute atomic E-state index is 0.0122. The first-order chi connectivity index (χ1) is 54.0. The summed E-state index contributed by atoms with van der Waals surface area (Å²) in [5, 5.41) is 59.9. The zero-order chi connectivity index (χ0) is 82.4. The lowest BCUT2D eigenvalue weighted by atomic mass is 9.97. The van der Waals surface area contributed by atoms with E-state index in [0.29, 0.717) is 30.4 Å². The van der Waals surface area contributed by atoms with E-state index in [2.05, 4.69) is 68.5 Å². The van der Waals surface area contributed by atoms with Crippen LogP contribution in [0, 0.1) is 5.92 Å². The molecule has 620 valence electrons. The van der Waals surface area contributed by atoms with Gasteiger partial charge in [-0.25, -0.2) is 0 Å².